The third kappa shape index (κ3) is 11.0. The molecule has 8 N–H and O–H groups in total. The summed E-state index contributed by atoms with van der Waals surface area (Å²) in [6.45, 7) is 4.98. The summed E-state index contributed by atoms with van der Waals surface area (Å²) in [6.07, 6.45) is 1.94. The fraction of sp³-hybridized carbons (Fsp3) is 0.722. The quantitative estimate of drug-likeness (QED) is 0.186. The third-order valence-corrected chi connectivity index (χ3v) is 4.73. The van der Waals surface area contributed by atoms with Crippen LogP contribution < -0.4 is 27.4 Å². The van der Waals surface area contributed by atoms with Crippen molar-refractivity contribution in [3.05, 3.63) is 0 Å². The first-order chi connectivity index (χ1) is 13.9. The average molecular weight is 448 g/mol. The molecule has 0 saturated carbocycles. The van der Waals surface area contributed by atoms with Gasteiger partial charge in [0.25, 0.3) is 0 Å². The molecular formula is C18H33N5O6S. The van der Waals surface area contributed by atoms with Crippen LogP contribution in [0.4, 0.5) is 0 Å². The third-order valence-electron chi connectivity index (χ3n) is 4.08. The van der Waals surface area contributed by atoms with Crippen LogP contribution >= 0.6 is 11.8 Å². The van der Waals surface area contributed by atoms with Gasteiger partial charge in [0.1, 0.15) is 18.1 Å². The largest absolute Gasteiger partial charge is 0.480 e. The van der Waals surface area contributed by atoms with Crippen molar-refractivity contribution in [3.63, 3.8) is 0 Å². The van der Waals surface area contributed by atoms with Crippen LogP contribution in [0, 0.1) is 5.92 Å². The van der Waals surface area contributed by atoms with Gasteiger partial charge in [-0.15, -0.1) is 0 Å². The lowest BCUT2D eigenvalue weighted by molar-refractivity contribution is -0.143. The monoisotopic (exact) mass is 447 g/mol. The summed E-state index contributed by atoms with van der Waals surface area (Å²) in [7, 11) is 0. The molecule has 0 aromatic heterocycles. The van der Waals surface area contributed by atoms with E-state index in [0.29, 0.717) is 12.2 Å². The van der Waals surface area contributed by atoms with Crippen molar-refractivity contribution >= 4 is 41.4 Å². The summed E-state index contributed by atoms with van der Waals surface area (Å²) in [5, 5.41) is 16.3. The molecule has 0 saturated heterocycles. The topological polar surface area (TPSA) is 194 Å². The van der Waals surface area contributed by atoms with E-state index < -0.39 is 60.2 Å². The van der Waals surface area contributed by atoms with Crippen molar-refractivity contribution in [1.82, 2.24) is 16.0 Å². The van der Waals surface area contributed by atoms with Crippen molar-refractivity contribution in [2.45, 2.75) is 64.2 Å². The summed E-state index contributed by atoms with van der Waals surface area (Å²) in [5.74, 6) is -3.55. The molecule has 12 heteroatoms. The Balaban J connectivity index is 5.07. The Hall–Kier alpha value is -2.34. The van der Waals surface area contributed by atoms with E-state index in [1.54, 1.807) is 13.8 Å². The Morgan fingerprint density at radius 2 is 1.50 bits per heavy atom. The first-order valence-electron chi connectivity index (χ1n) is 9.55. The number of rotatable bonds is 14. The molecule has 4 atom stereocenters. The van der Waals surface area contributed by atoms with E-state index in [1.807, 2.05) is 6.26 Å². The predicted molar refractivity (Wildman–Crippen MR) is 113 cm³/mol. The fourth-order valence-electron chi connectivity index (χ4n) is 2.43. The second-order valence-corrected chi connectivity index (χ2v) is 8.36. The number of aliphatic carboxylic acids is 1. The second-order valence-electron chi connectivity index (χ2n) is 7.38. The van der Waals surface area contributed by atoms with E-state index in [0.717, 1.165) is 0 Å². The minimum absolute atomic E-state index is 0.0128. The molecule has 11 nitrogen and oxygen atoms in total. The van der Waals surface area contributed by atoms with Crippen molar-refractivity contribution in [2.75, 3.05) is 12.0 Å². The molecule has 0 aliphatic rings. The highest BCUT2D eigenvalue weighted by Gasteiger charge is 2.30. The van der Waals surface area contributed by atoms with Crippen molar-refractivity contribution in [1.29, 1.82) is 0 Å². The summed E-state index contributed by atoms with van der Waals surface area (Å²) in [6, 6.07) is -4.39. The number of carboxylic acids is 1. The van der Waals surface area contributed by atoms with Crippen LogP contribution in [0.1, 0.15) is 40.0 Å². The Labute approximate surface area is 180 Å². The molecule has 0 aromatic carbocycles. The van der Waals surface area contributed by atoms with Gasteiger partial charge in [-0.3, -0.25) is 19.2 Å². The van der Waals surface area contributed by atoms with Gasteiger partial charge in [0.05, 0.1) is 12.5 Å². The van der Waals surface area contributed by atoms with E-state index in [-0.39, 0.29) is 12.3 Å². The smallest absolute Gasteiger partial charge is 0.326 e. The van der Waals surface area contributed by atoms with Gasteiger partial charge in [-0.05, 0) is 37.7 Å². The molecule has 172 valence electrons. The maximum Gasteiger partial charge on any atom is 0.326 e. The Bertz CT molecular complexity index is 630. The Morgan fingerprint density at radius 1 is 0.933 bits per heavy atom. The van der Waals surface area contributed by atoms with Crippen molar-refractivity contribution < 1.29 is 29.1 Å². The lowest BCUT2D eigenvalue weighted by Crippen LogP contribution is -2.57. The molecule has 0 radical (unpaired) electrons. The van der Waals surface area contributed by atoms with Crippen LogP contribution in [-0.4, -0.2) is 70.9 Å². The standard InChI is InChI=1S/C18H33N5O6S/c1-9(2)7-13(18(28)29)23-17(27)12(8-14(20)24)22-15(25)10(3)21-16(26)11(19)5-6-30-4/h9-13H,5-8,19H2,1-4H3,(H2,20,24)(H,21,26)(H,22,25)(H,23,27)(H,28,29). The highest BCUT2D eigenvalue weighted by Crippen LogP contribution is 2.06. The van der Waals surface area contributed by atoms with Crippen LogP contribution in [0.5, 0.6) is 0 Å². The molecule has 0 aromatic rings. The van der Waals surface area contributed by atoms with Gasteiger partial charge in [0.15, 0.2) is 0 Å². The molecule has 0 aliphatic heterocycles. The van der Waals surface area contributed by atoms with E-state index in [4.69, 9.17) is 11.5 Å². The van der Waals surface area contributed by atoms with Gasteiger partial charge in [-0.1, -0.05) is 13.8 Å². The van der Waals surface area contributed by atoms with E-state index in [9.17, 15) is 29.1 Å². The van der Waals surface area contributed by atoms with Gasteiger partial charge in [0, 0.05) is 0 Å². The summed E-state index contributed by atoms with van der Waals surface area (Å²) in [4.78, 5) is 59.6. The van der Waals surface area contributed by atoms with Crippen LogP contribution in [-0.2, 0) is 24.0 Å². The first-order valence-corrected chi connectivity index (χ1v) is 10.9. The summed E-state index contributed by atoms with van der Waals surface area (Å²) in [5.41, 5.74) is 10.9. The zero-order chi connectivity index (χ0) is 23.4. The van der Waals surface area contributed by atoms with Gasteiger partial charge in [-0.25, -0.2) is 4.79 Å². The van der Waals surface area contributed by atoms with E-state index in [1.165, 1.54) is 18.7 Å². The van der Waals surface area contributed by atoms with Gasteiger partial charge >= 0.3 is 5.97 Å². The van der Waals surface area contributed by atoms with E-state index >= 15 is 0 Å². The maximum absolute atomic E-state index is 12.5. The molecule has 0 aliphatic carbocycles. The minimum Gasteiger partial charge on any atom is -0.480 e. The number of hydrogen-bond donors (Lipinski definition) is 6. The molecule has 0 spiro atoms. The number of primary amides is 1. The maximum atomic E-state index is 12.5. The molecule has 0 bridgehead atoms. The predicted octanol–water partition coefficient (Wildman–Crippen LogP) is -1.45. The number of thioether (sulfide) groups is 1. The summed E-state index contributed by atoms with van der Waals surface area (Å²) >= 11 is 1.53. The SMILES string of the molecule is CSCCC(N)C(=O)NC(C)C(=O)NC(CC(N)=O)C(=O)NC(CC(C)C)C(=O)O. The number of nitrogens with one attached hydrogen (secondary N) is 3. The lowest BCUT2D eigenvalue weighted by atomic mass is 10.0. The molecule has 4 amide bonds. The zero-order valence-corrected chi connectivity index (χ0v) is 18.6. The first kappa shape index (κ1) is 27.7. The number of hydrogen-bond acceptors (Lipinski definition) is 7. The molecule has 0 fully saturated rings. The van der Waals surface area contributed by atoms with E-state index in [2.05, 4.69) is 16.0 Å². The Morgan fingerprint density at radius 3 is 1.97 bits per heavy atom. The number of carbonyl (C=O) groups excluding carboxylic acids is 4. The van der Waals surface area contributed by atoms with Crippen molar-refractivity contribution in [3.8, 4) is 0 Å². The normalized spacial score (nSPS) is 14.9. The van der Waals surface area contributed by atoms with Crippen LogP contribution in [0.3, 0.4) is 0 Å². The molecule has 0 heterocycles. The molecule has 4 unspecified atom stereocenters. The van der Waals surface area contributed by atoms with Gasteiger partial charge in [-0.2, -0.15) is 11.8 Å². The highest BCUT2D eigenvalue weighted by molar-refractivity contribution is 7.98. The number of carbonyl (C=O) groups is 5. The second kappa shape index (κ2) is 13.8. The van der Waals surface area contributed by atoms with Crippen LogP contribution in [0.25, 0.3) is 0 Å². The van der Waals surface area contributed by atoms with Gasteiger partial charge < -0.3 is 32.5 Å². The minimum atomic E-state index is -1.38. The zero-order valence-electron chi connectivity index (χ0n) is 17.8. The number of amides is 4. The summed E-state index contributed by atoms with van der Waals surface area (Å²) < 4.78 is 0. The average Bonchev–Trinajstić information content (AvgIpc) is 2.63. The molecule has 30 heavy (non-hydrogen) atoms. The van der Waals surface area contributed by atoms with Gasteiger partial charge in [0.2, 0.25) is 23.6 Å². The van der Waals surface area contributed by atoms with Crippen molar-refractivity contribution in [2.24, 2.45) is 17.4 Å². The Kier molecular flexibility index (Phi) is 12.7. The molecular weight excluding hydrogens is 414 g/mol. The number of carboxylic acid groups (broad SMARTS) is 1. The lowest BCUT2D eigenvalue weighted by Gasteiger charge is -2.23. The highest BCUT2D eigenvalue weighted by atomic mass is 32.2. The molecule has 0 rings (SSSR count). The fourth-order valence-corrected chi connectivity index (χ4v) is 2.92. The van der Waals surface area contributed by atoms with Crippen LogP contribution in [0.15, 0.2) is 0 Å². The number of nitrogens with two attached hydrogens (primary N) is 2. The van der Waals surface area contributed by atoms with Crippen LogP contribution in [0.2, 0.25) is 0 Å².